The van der Waals surface area contributed by atoms with E-state index in [1.165, 1.54) is 12.4 Å². The minimum Gasteiger partial charge on any atom is -0.496 e. The van der Waals surface area contributed by atoms with Crippen molar-refractivity contribution in [3.63, 3.8) is 0 Å². The zero-order valence-electron chi connectivity index (χ0n) is 24.2. The molecule has 8 nitrogen and oxygen atoms in total. The van der Waals surface area contributed by atoms with Crippen LogP contribution in [-0.2, 0) is 24.0 Å². The topological polar surface area (TPSA) is 102 Å². The van der Waals surface area contributed by atoms with Crippen LogP contribution in [0.25, 0.3) is 0 Å². The summed E-state index contributed by atoms with van der Waals surface area (Å²) in [5, 5.41) is 23.7. The van der Waals surface area contributed by atoms with Gasteiger partial charge in [-0.25, -0.2) is 0 Å². The molecule has 0 fully saturated rings. The zero-order valence-corrected chi connectivity index (χ0v) is 24.2. The molecule has 0 aromatic heterocycles. The first-order chi connectivity index (χ1) is 19.1. The van der Waals surface area contributed by atoms with E-state index < -0.39 is 0 Å². The van der Waals surface area contributed by atoms with E-state index in [1.54, 1.807) is 14.2 Å². The summed E-state index contributed by atoms with van der Waals surface area (Å²) < 4.78 is 23.4. The van der Waals surface area contributed by atoms with Crippen LogP contribution in [0.2, 0.25) is 0 Å². The SMILES string of the molecule is COc1cc(COc2ccc(C(C)(C)C/C=N/O)cc2)c(OC)cc1COc1ccc(C(C)(C)C/C=N/O)cc1. The van der Waals surface area contributed by atoms with Gasteiger partial charge in [0.15, 0.2) is 0 Å². The molecule has 8 heteroatoms. The molecule has 0 unspecified atom stereocenters. The van der Waals surface area contributed by atoms with Gasteiger partial charge >= 0.3 is 0 Å². The molecule has 3 rings (SSSR count). The van der Waals surface area contributed by atoms with Crippen LogP contribution in [0.15, 0.2) is 71.0 Å². The highest BCUT2D eigenvalue weighted by molar-refractivity contribution is 5.59. The normalized spacial score (nSPS) is 12.2. The van der Waals surface area contributed by atoms with Crippen LogP contribution in [-0.4, -0.2) is 37.1 Å². The Bertz CT molecular complexity index is 1180. The second-order valence-corrected chi connectivity index (χ2v) is 10.9. The fourth-order valence-corrected chi connectivity index (χ4v) is 4.35. The molecule has 0 saturated heterocycles. The Morgan fingerprint density at radius 2 is 0.975 bits per heavy atom. The van der Waals surface area contributed by atoms with Gasteiger partial charge < -0.3 is 29.4 Å². The Hall–Kier alpha value is -4.20. The van der Waals surface area contributed by atoms with E-state index in [4.69, 9.17) is 29.4 Å². The number of benzene rings is 3. The molecule has 0 heterocycles. The summed E-state index contributed by atoms with van der Waals surface area (Å²) in [5.41, 5.74) is 3.63. The van der Waals surface area contributed by atoms with E-state index in [0.29, 0.717) is 37.6 Å². The minimum atomic E-state index is -0.159. The van der Waals surface area contributed by atoms with Crippen LogP contribution in [0, 0.1) is 0 Å². The van der Waals surface area contributed by atoms with Gasteiger partial charge in [0, 0.05) is 23.6 Å². The minimum absolute atomic E-state index is 0.159. The van der Waals surface area contributed by atoms with Gasteiger partial charge in [-0.2, -0.15) is 0 Å². The molecular formula is C32H40N2O6. The predicted molar refractivity (Wildman–Crippen MR) is 157 cm³/mol. The Kier molecular flexibility index (Phi) is 10.4. The number of nitrogens with zero attached hydrogens (tertiary/aromatic N) is 2. The van der Waals surface area contributed by atoms with Crippen molar-refractivity contribution in [3.8, 4) is 23.0 Å². The molecule has 0 bridgehead atoms. The molecule has 0 aliphatic rings. The highest BCUT2D eigenvalue weighted by Crippen LogP contribution is 2.33. The molecule has 0 radical (unpaired) electrons. The summed E-state index contributed by atoms with van der Waals surface area (Å²) >= 11 is 0. The Morgan fingerprint density at radius 3 is 1.27 bits per heavy atom. The molecule has 2 N–H and O–H groups in total. The maximum atomic E-state index is 8.75. The maximum absolute atomic E-state index is 8.75. The lowest BCUT2D eigenvalue weighted by molar-refractivity contribution is 0.286. The highest BCUT2D eigenvalue weighted by Gasteiger charge is 2.21. The van der Waals surface area contributed by atoms with Gasteiger partial charge in [0.1, 0.15) is 36.2 Å². The van der Waals surface area contributed by atoms with E-state index in [9.17, 15) is 0 Å². The molecule has 0 saturated carbocycles. The van der Waals surface area contributed by atoms with Crippen LogP contribution in [0.5, 0.6) is 23.0 Å². The molecule has 214 valence electrons. The van der Waals surface area contributed by atoms with Gasteiger partial charge in [0.05, 0.1) is 14.2 Å². The molecule has 40 heavy (non-hydrogen) atoms. The smallest absolute Gasteiger partial charge is 0.126 e. The summed E-state index contributed by atoms with van der Waals surface area (Å²) in [6.45, 7) is 9.00. The quantitative estimate of drug-likeness (QED) is 0.126. The second kappa shape index (κ2) is 13.7. The van der Waals surface area contributed by atoms with Crippen molar-refractivity contribution in [2.75, 3.05) is 14.2 Å². The molecule has 0 amide bonds. The summed E-state index contributed by atoms with van der Waals surface area (Å²) in [5.74, 6) is 2.84. The average Bonchev–Trinajstić information content (AvgIpc) is 2.97. The van der Waals surface area contributed by atoms with Gasteiger partial charge in [-0.05, 0) is 71.2 Å². The summed E-state index contributed by atoms with van der Waals surface area (Å²) in [6.07, 6.45) is 4.27. The molecular weight excluding hydrogens is 508 g/mol. The number of hydrogen-bond acceptors (Lipinski definition) is 8. The predicted octanol–water partition coefficient (Wildman–Crippen LogP) is 7.12. The molecule has 0 spiro atoms. The van der Waals surface area contributed by atoms with Crippen LogP contribution >= 0.6 is 0 Å². The number of ether oxygens (including phenoxy) is 4. The summed E-state index contributed by atoms with van der Waals surface area (Å²) in [7, 11) is 3.26. The molecule has 3 aromatic carbocycles. The van der Waals surface area contributed by atoms with Gasteiger partial charge in [-0.1, -0.05) is 52.0 Å². The van der Waals surface area contributed by atoms with E-state index in [2.05, 4.69) is 38.0 Å². The average molecular weight is 549 g/mol. The van der Waals surface area contributed by atoms with Gasteiger partial charge in [-0.15, -0.1) is 10.3 Å². The first-order valence-corrected chi connectivity index (χ1v) is 13.2. The van der Waals surface area contributed by atoms with Crippen molar-refractivity contribution in [1.29, 1.82) is 0 Å². The molecule has 0 atom stereocenters. The van der Waals surface area contributed by atoms with Crippen molar-refractivity contribution < 1.29 is 29.4 Å². The standard InChI is InChI=1S/C32H40N2O6/c1-31(2,15-17-33-35)25-7-11-27(12-8-25)39-21-23-19-30(38-6)24(20-29(23)37-5)22-40-28-13-9-26(10-14-28)32(3,4)16-18-34-36/h7-14,17-20,35-36H,15-16,21-22H2,1-6H3/b33-17+,34-18+. The lowest BCUT2D eigenvalue weighted by Crippen LogP contribution is -2.17. The highest BCUT2D eigenvalue weighted by atomic mass is 16.5. The Labute approximate surface area is 236 Å². The third-order valence-electron chi connectivity index (χ3n) is 7.11. The molecule has 0 aliphatic heterocycles. The fraction of sp³-hybridized carbons (Fsp3) is 0.375. The van der Waals surface area contributed by atoms with Gasteiger partial charge in [0.2, 0.25) is 0 Å². The third kappa shape index (κ3) is 7.91. The second-order valence-electron chi connectivity index (χ2n) is 10.9. The van der Waals surface area contributed by atoms with E-state index in [0.717, 1.165) is 33.8 Å². The summed E-state index contributed by atoms with van der Waals surface area (Å²) in [6, 6.07) is 19.7. The van der Waals surface area contributed by atoms with Crippen molar-refractivity contribution in [2.24, 2.45) is 10.3 Å². The van der Waals surface area contributed by atoms with Crippen molar-refractivity contribution in [3.05, 3.63) is 82.9 Å². The maximum Gasteiger partial charge on any atom is 0.126 e. The third-order valence-corrected chi connectivity index (χ3v) is 7.11. The lowest BCUT2D eigenvalue weighted by Gasteiger charge is -2.23. The van der Waals surface area contributed by atoms with E-state index in [1.807, 2.05) is 60.7 Å². The van der Waals surface area contributed by atoms with Crippen LogP contribution in [0.4, 0.5) is 0 Å². The monoisotopic (exact) mass is 548 g/mol. The Morgan fingerprint density at radius 1 is 0.625 bits per heavy atom. The lowest BCUT2D eigenvalue weighted by atomic mass is 9.82. The van der Waals surface area contributed by atoms with Gasteiger partial charge in [-0.3, -0.25) is 0 Å². The molecule has 3 aromatic rings. The van der Waals surface area contributed by atoms with Crippen molar-refractivity contribution in [1.82, 2.24) is 0 Å². The van der Waals surface area contributed by atoms with Crippen LogP contribution in [0.1, 0.15) is 62.8 Å². The van der Waals surface area contributed by atoms with Gasteiger partial charge in [0.25, 0.3) is 0 Å². The largest absolute Gasteiger partial charge is 0.496 e. The first kappa shape index (κ1) is 30.3. The van der Waals surface area contributed by atoms with Crippen molar-refractivity contribution in [2.45, 2.75) is 64.6 Å². The number of rotatable bonds is 14. The summed E-state index contributed by atoms with van der Waals surface area (Å²) in [4.78, 5) is 0. The van der Waals surface area contributed by atoms with Crippen LogP contribution in [0.3, 0.4) is 0 Å². The van der Waals surface area contributed by atoms with Crippen LogP contribution < -0.4 is 18.9 Å². The van der Waals surface area contributed by atoms with Crippen molar-refractivity contribution >= 4 is 12.4 Å². The first-order valence-electron chi connectivity index (χ1n) is 13.2. The number of hydrogen-bond donors (Lipinski definition) is 2. The molecule has 0 aliphatic carbocycles. The Balaban J connectivity index is 1.68. The van der Waals surface area contributed by atoms with E-state index >= 15 is 0 Å². The fourth-order valence-electron chi connectivity index (χ4n) is 4.35. The van der Waals surface area contributed by atoms with E-state index in [-0.39, 0.29) is 10.8 Å². The number of methoxy groups -OCH3 is 2. The zero-order chi connectivity index (χ0) is 29.2. The number of oxime groups is 2.